The first-order valence-corrected chi connectivity index (χ1v) is 6.87. The molecule has 0 aliphatic rings. The first kappa shape index (κ1) is 17.3. The smallest absolute Gasteiger partial charge is 0.223 e. The van der Waals surface area contributed by atoms with Crippen LogP contribution in [-0.2, 0) is 16.1 Å². The molecular formula is C15H24N2O4. The van der Waals surface area contributed by atoms with Crippen LogP contribution in [0.4, 0.5) is 0 Å². The topological polar surface area (TPSA) is 82.8 Å². The van der Waals surface area contributed by atoms with Gasteiger partial charge in [-0.1, -0.05) is 13.0 Å². The Morgan fingerprint density at radius 1 is 1.33 bits per heavy atom. The van der Waals surface area contributed by atoms with E-state index >= 15 is 0 Å². The summed E-state index contributed by atoms with van der Waals surface area (Å²) in [6.07, 6.45) is 0. The highest BCUT2D eigenvalue weighted by atomic mass is 16.5. The van der Waals surface area contributed by atoms with Crippen LogP contribution in [0.15, 0.2) is 18.2 Å². The third kappa shape index (κ3) is 6.01. The van der Waals surface area contributed by atoms with Crippen molar-refractivity contribution in [1.29, 1.82) is 0 Å². The standard InChI is InChI=1S/C15H24N2O4/c1-11(15(16)18)10-21-13-5-4-12(8-14(13)20-3)9-17-6-7-19-2/h4-5,8,11,17H,6-7,9-10H2,1-3H3,(H2,16,18). The molecule has 0 saturated carbocycles. The summed E-state index contributed by atoms with van der Waals surface area (Å²) in [4.78, 5) is 11.0. The molecule has 1 unspecified atom stereocenters. The van der Waals surface area contributed by atoms with E-state index in [0.717, 1.165) is 18.7 Å². The normalized spacial score (nSPS) is 12.0. The number of hydrogen-bond donors (Lipinski definition) is 2. The van der Waals surface area contributed by atoms with Crippen molar-refractivity contribution in [2.45, 2.75) is 13.5 Å². The Balaban J connectivity index is 2.59. The molecule has 0 aromatic heterocycles. The van der Waals surface area contributed by atoms with Crippen molar-refractivity contribution in [3.63, 3.8) is 0 Å². The van der Waals surface area contributed by atoms with Crippen LogP contribution in [-0.4, -0.2) is 39.9 Å². The maximum atomic E-state index is 11.0. The van der Waals surface area contributed by atoms with E-state index in [4.69, 9.17) is 19.9 Å². The van der Waals surface area contributed by atoms with E-state index in [9.17, 15) is 4.79 Å². The molecule has 0 aliphatic carbocycles. The quantitative estimate of drug-likeness (QED) is 0.628. The zero-order chi connectivity index (χ0) is 15.7. The summed E-state index contributed by atoms with van der Waals surface area (Å²) in [5.41, 5.74) is 6.29. The van der Waals surface area contributed by atoms with Crippen molar-refractivity contribution < 1.29 is 19.0 Å². The molecule has 1 aromatic rings. The zero-order valence-corrected chi connectivity index (χ0v) is 12.8. The number of hydrogen-bond acceptors (Lipinski definition) is 5. The van der Waals surface area contributed by atoms with E-state index in [1.165, 1.54) is 0 Å². The maximum Gasteiger partial charge on any atom is 0.223 e. The Morgan fingerprint density at radius 2 is 2.10 bits per heavy atom. The fourth-order valence-corrected chi connectivity index (χ4v) is 1.65. The van der Waals surface area contributed by atoms with Gasteiger partial charge in [-0.15, -0.1) is 0 Å². The molecule has 0 fully saturated rings. The van der Waals surface area contributed by atoms with Crippen LogP contribution < -0.4 is 20.5 Å². The molecule has 1 atom stereocenters. The van der Waals surface area contributed by atoms with Gasteiger partial charge in [0.25, 0.3) is 0 Å². The van der Waals surface area contributed by atoms with Crippen molar-refractivity contribution in [2.24, 2.45) is 11.7 Å². The van der Waals surface area contributed by atoms with Gasteiger partial charge in [-0.2, -0.15) is 0 Å². The largest absolute Gasteiger partial charge is 0.493 e. The van der Waals surface area contributed by atoms with E-state index in [1.54, 1.807) is 21.1 Å². The number of primary amides is 1. The molecule has 118 valence electrons. The summed E-state index contributed by atoms with van der Waals surface area (Å²) in [5.74, 6) is 0.516. The van der Waals surface area contributed by atoms with Gasteiger partial charge in [0.1, 0.15) is 0 Å². The lowest BCUT2D eigenvalue weighted by molar-refractivity contribution is -0.122. The predicted molar refractivity (Wildman–Crippen MR) is 80.4 cm³/mol. The first-order valence-electron chi connectivity index (χ1n) is 6.87. The van der Waals surface area contributed by atoms with Crippen LogP contribution in [0, 0.1) is 5.92 Å². The number of rotatable bonds is 10. The second-order valence-corrected chi connectivity index (χ2v) is 4.77. The number of carbonyl (C=O) groups excluding carboxylic acids is 1. The van der Waals surface area contributed by atoms with Crippen LogP contribution >= 0.6 is 0 Å². The molecule has 3 N–H and O–H groups in total. The second-order valence-electron chi connectivity index (χ2n) is 4.77. The monoisotopic (exact) mass is 296 g/mol. The Morgan fingerprint density at radius 3 is 2.71 bits per heavy atom. The van der Waals surface area contributed by atoms with Gasteiger partial charge in [0.2, 0.25) is 5.91 Å². The van der Waals surface area contributed by atoms with Gasteiger partial charge in [0.05, 0.1) is 26.2 Å². The Labute approximate surface area is 125 Å². The number of ether oxygens (including phenoxy) is 3. The lowest BCUT2D eigenvalue weighted by Gasteiger charge is -2.14. The summed E-state index contributed by atoms with van der Waals surface area (Å²) in [6.45, 7) is 4.13. The minimum Gasteiger partial charge on any atom is -0.493 e. The highest BCUT2D eigenvalue weighted by molar-refractivity contribution is 5.76. The first-order chi connectivity index (χ1) is 10.1. The second kappa shape index (κ2) is 9.20. The van der Waals surface area contributed by atoms with E-state index in [2.05, 4.69) is 5.32 Å². The van der Waals surface area contributed by atoms with Gasteiger partial charge in [0, 0.05) is 20.2 Å². The highest BCUT2D eigenvalue weighted by Gasteiger charge is 2.12. The van der Waals surface area contributed by atoms with Crippen molar-refractivity contribution in [2.75, 3.05) is 34.0 Å². The van der Waals surface area contributed by atoms with E-state index in [0.29, 0.717) is 18.1 Å². The van der Waals surface area contributed by atoms with Gasteiger partial charge < -0.3 is 25.3 Å². The van der Waals surface area contributed by atoms with Gasteiger partial charge >= 0.3 is 0 Å². The van der Waals surface area contributed by atoms with E-state index in [1.807, 2.05) is 18.2 Å². The maximum absolute atomic E-state index is 11.0. The van der Waals surface area contributed by atoms with Crippen LogP contribution in [0.2, 0.25) is 0 Å². The number of amides is 1. The molecule has 6 heteroatoms. The summed E-state index contributed by atoms with van der Waals surface area (Å²) < 4.78 is 15.9. The van der Waals surface area contributed by atoms with Crippen LogP contribution in [0.25, 0.3) is 0 Å². The lowest BCUT2D eigenvalue weighted by atomic mass is 10.2. The highest BCUT2D eigenvalue weighted by Crippen LogP contribution is 2.28. The van der Waals surface area contributed by atoms with Crippen molar-refractivity contribution >= 4 is 5.91 Å². The number of methoxy groups -OCH3 is 2. The van der Waals surface area contributed by atoms with Gasteiger partial charge in [-0.25, -0.2) is 0 Å². The SMILES string of the molecule is COCCNCc1ccc(OCC(C)C(N)=O)c(OC)c1. The minimum absolute atomic E-state index is 0.233. The van der Waals surface area contributed by atoms with Crippen molar-refractivity contribution in [3.8, 4) is 11.5 Å². The molecule has 0 saturated heterocycles. The molecule has 1 rings (SSSR count). The predicted octanol–water partition coefficient (Wildman–Crippen LogP) is 0.931. The minimum atomic E-state index is -0.382. The zero-order valence-electron chi connectivity index (χ0n) is 12.8. The fourth-order valence-electron chi connectivity index (χ4n) is 1.65. The van der Waals surface area contributed by atoms with Gasteiger partial charge in [-0.05, 0) is 17.7 Å². The molecule has 6 nitrogen and oxygen atoms in total. The Hall–Kier alpha value is -1.79. The van der Waals surface area contributed by atoms with Gasteiger partial charge in [-0.3, -0.25) is 4.79 Å². The van der Waals surface area contributed by atoms with E-state index in [-0.39, 0.29) is 18.4 Å². The van der Waals surface area contributed by atoms with Crippen LogP contribution in [0.3, 0.4) is 0 Å². The van der Waals surface area contributed by atoms with E-state index < -0.39 is 0 Å². The number of nitrogens with one attached hydrogen (secondary N) is 1. The van der Waals surface area contributed by atoms with Crippen molar-refractivity contribution in [1.82, 2.24) is 5.32 Å². The molecular weight excluding hydrogens is 272 g/mol. The van der Waals surface area contributed by atoms with Crippen LogP contribution in [0.5, 0.6) is 11.5 Å². The molecule has 0 heterocycles. The Bertz CT molecular complexity index is 451. The average molecular weight is 296 g/mol. The molecule has 1 amide bonds. The molecule has 1 aromatic carbocycles. The Kier molecular flexibility index (Phi) is 7.56. The fraction of sp³-hybridized carbons (Fsp3) is 0.533. The summed E-state index contributed by atoms with van der Waals surface area (Å²) >= 11 is 0. The number of carbonyl (C=O) groups is 1. The molecule has 0 spiro atoms. The molecule has 0 aliphatic heterocycles. The molecule has 21 heavy (non-hydrogen) atoms. The van der Waals surface area contributed by atoms with Gasteiger partial charge in [0.15, 0.2) is 11.5 Å². The third-order valence-corrected chi connectivity index (χ3v) is 3.01. The summed E-state index contributed by atoms with van der Waals surface area (Å²) in [7, 11) is 3.26. The van der Waals surface area contributed by atoms with Crippen molar-refractivity contribution in [3.05, 3.63) is 23.8 Å². The summed E-state index contributed by atoms with van der Waals surface area (Å²) in [5, 5.41) is 3.26. The lowest BCUT2D eigenvalue weighted by Crippen LogP contribution is -2.25. The summed E-state index contributed by atoms with van der Waals surface area (Å²) in [6, 6.07) is 5.69. The molecule has 0 bridgehead atoms. The third-order valence-electron chi connectivity index (χ3n) is 3.01. The molecule has 0 radical (unpaired) electrons. The average Bonchev–Trinajstić information content (AvgIpc) is 2.49. The van der Waals surface area contributed by atoms with Crippen LogP contribution in [0.1, 0.15) is 12.5 Å². The number of benzene rings is 1. The number of nitrogens with two attached hydrogens (primary N) is 1.